The Kier molecular flexibility index (Phi) is 4.50. The van der Waals surface area contributed by atoms with Gasteiger partial charge >= 0.3 is 0 Å². The first-order valence-electron chi connectivity index (χ1n) is 9.52. The fourth-order valence-electron chi connectivity index (χ4n) is 3.86. The molecule has 0 spiro atoms. The molecule has 3 aromatic carbocycles. The maximum absolute atomic E-state index is 12.6. The van der Waals surface area contributed by atoms with Gasteiger partial charge in [0, 0.05) is 50.5 Å². The van der Waals surface area contributed by atoms with Crippen molar-refractivity contribution in [3.63, 3.8) is 0 Å². The molecule has 4 aromatic rings. The molecule has 1 aromatic heterocycles. The van der Waals surface area contributed by atoms with E-state index in [-0.39, 0.29) is 5.91 Å². The van der Waals surface area contributed by atoms with Gasteiger partial charge in [0.05, 0.1) is 11.6 Å². The molecule has 1 aliphatic heterocycles. The molecule has 1 N–H and O–H groups in total. The lowest BCUT2D eigenvalue weighted by atomic mass is 10.0. The van der Waals surface area contributed by atoms with E-state index in [4.69, 9.17) is 5.26 Å². The minimum atomic E-state index is -0.0841. The first-order valence-corrected chi connectivity index (χ1v) is 10.3. The van der Waals surface area contributed by atoms with Crippen LogP contribution in [0, 0.1) is 11.3 Å². The number of halogens is 1. The molecule has 2 heterocycles. The van der Waals surface area contributed by atoms with E-state index in [1.165, 1.54) is 0 Å². The zero-order valence-corrected chi connectivity index (χ0v) is 17.5. The number of rotatable bonds is 3. The van der Waals surface area contributed by atoms with E-state index in [0.717, 1.165) is 37.8 Å². The first kappa shape index (κ1) is 18.4. The van der Waals surface area contributed by atoms with Gasteiger partial charge in [-0.05, 0) is 48.0 Å². The average Bonchev–Trinajstić information content (AvgIpc) is 3.26. The number of benzene rings is 3. The number of carbonyl (C=O) groups is 1. The lowest BCUT2D eigenvalue weighted by molar-refractivity contribution is -0.110. The number of para-hydroxylation sites is 1. The van der Waals surface area contributed by atoms with Crippen molar-refractivity contribution in [3.8, 4) is 6.07 Å². The quantitative estimate of drug-likeness (QED) is 0.397. The number of aromatic nitrogens is 1. The molecule has 0 unspecified atom stereocenters. The molecule has 0 aliphatic carbocycles. The summed E-state index contributed by atoms with van der Waals surface area (Å²) in [5.41, 5.74) is 6.26. The van der Waals surface area contributed by atoms with Crippen LogP contribution in [0.3, 0.4) is 0 Å². The number of nitriles is 1. The molecule has 0 saturated carbocycles. The second-order valence-corrected chi connectivity index (χ2v) is 8.16. The Morgan fingerprint density at radius 1 is 1.07 bits per heavy atom. The summed E-state index contributed by atoms with van der Waals surface area (Å²) in [7, 11) is 0. The van der Waals surface area contributed by atoms with Crippen LogP contribution in [-0.2, 0) is 11.3 Å². The minimum Gasteiger partial charge on any atom is -0.342 e. The lowest BCUT2D eigenvalue weighted by Crippen LogP contribution is -2.03. The van der Waals surface area contributed by atoms with Gasteiger partial charge in [0.15, 0.2) is 0 Å². The molecule has 0 saturated heterocycles. The highest BCUT2D eigenvalue weighted by Crippen LogP contribution is 2.35. The van der Waals surface area contributed by atoms with E-state index in [2.05, 4.69) is 50.2 Å². The van der Waals surface area contributed by atoms with Crippen molar-refractivity contribution in [2.24, 2.45) is 0 Å². The van der Waals surface area contributed by atoms with Gasteiger partial charge < -0.3 is 9.88 Å². The maximum Gasteiger partial charge on any atom is 0.256 e. The number of nitrogens with one attached hydrogen (secondary N) is 1. The summed E-state index contributed by atoms with van der Waals surface area (Å²) in [4.78, 5) is 12.6. The highest BCUT2D eigenvalue weighted by molar-refractivity contribution is 9.10. The molecule has 1 aliphatic rings. The Bertz CT molecular complexity index is 1370. The van der Waals surface area contributed by atoms with Gasteiger partial charge in [0.1, 0.15) is 0 Å². The van der Waals surface area contributed by atoms with Crippen LogP contribution in [-0.4, -0.2) is 10.5 Å². The first-order chi connectivity index (χ1) is 14.6. The van der Waals surface area contributed by atoms with E-state index in [9.17, 15) is 4.79 Å². The largest absolute Gasteiger partial charge is 0.342 e. The fraction of sp³-hybridized carbons (Fsp3) is 0.0400. The van der Waals surface area contributed by atoms with E-state index in [0.29, 0.717) is 17.7 Å². The molecule has 30 heavy (non-hydrogen) atoms. The molecule has 1 amide bonds. The number of hydrogen-bond donors (Lipinski definition) is 1. The summed E-state index contributed by atoms with van der Waals surface area (Å²) in [6.07, 6.45) is 4.04. The molecule has 0 radical (unpaired) electrons. The Balaban J connectivity index is 1.62. The monoisotopic (exact) mass is 453 g/mol. The molecule has 5 heteroatoms. The van der Waals surface area contributed by atoms with Crippen LogP contribution in [0.4, 0.5) is 5.69 Å². The zero-order chi connectivity index (χ0) is 20.7. The third-order valence-corrected chi connectivity index (χ3v) is 5.81. The van der Waals surface area contributed by atoms with Crippen molar-refractivity contribution < 1.29 is 4.79 Å². The van der Waals surface area contributed by atoms with Crippen molar-refractivity contribution in [1.82, 2.24) is 4.57 Å². The van der Waals surface area contributed by atoms with Gasteiger partial charge in [-0.25, -0.2) is 0 Å². The number of nitrogens with zero attached hydrogens (tertiary/aromatic N) is 2. The van der Waals surface area contributed by atoms with E-state index in [1.807, 2.05) is 60.7 Å². The van der Waals surface area contributed by atoms with Crippen molar-refractivity contribution in [2.45, 2.75) is 6.54 Å². The third-order valence-electron chi connectivity index (χ3n) is 5.32. The Hall–Kier alpha value is -3.62. The molecular weight excluding hydrogens is 438 g/mol. The van der Waals surface area contributed by atoms with E-state index >= 15 is 0 Å². The van der Waals surface area contributed by atoms with Crippen LogP contribution in [0.2, 0.25) is 0 Å². The third kappa shape index (κ3) is 3.22. The van der Waals surface area contributed by atoms with Gasteiger partial charge in [-0.15, -0.1) is 0 Å². The normalized spacial score (nSPS) is 14.0. The van der Waals surface area contributed by atoms with Crippen LogP contribution in [0.25, 0.3) is 22.6 Å². The molecule has 4 nitrogen and oxygen atoms in total. The molecule has 5 rings (SSSR count). The molecule has 144 valence electrons. The Morgan fingerprint density at radius 3 is 2.67 bits per heavy atom. The Morgan fingerprint density at radius 2 is 1.87 bits per heavy atom. The molecule has 0 bridgehead atoms. The summed E-state index contributed by atoms with van der Waals surface area (Å²) in [5.74, 6) is -0.0841. The second-order valence-electron chi connectivity index (χ2n) is 7.24. The van der Waals surface area contributed by atoms with Crippen molar-refractivity contribution in [1.29, 1.82) is 5.26 Å². The summed E-state index contributed by atoms with van der Waals surface area (Å²) < 4.78 is 3.16. The van der Waals surface area contributed by atoms with Crippen LogP contribution in [0.1, 0.15) is 22.3 Å². The van der Waals surface area contributed by atoms with Crippen molar-refractivity contribution in [3.05, 3.63) is 99.7 Å². The van der Waals surface area contributed by atoms with Gasteiger partial charge in [0.2, 0.25) is 0 Å². The van der Waals surface area contributed by atoms with Gasteiger partial charge in [0.25, 0.3) is 5.91 Å². The second kappa shape index (κ2) is 7.33. The van der Waals surface area contributed by atoms with Gasteiger partial charge in [-0.1, -0.05) is 46.3 Å². The van der Waals surface area contributed by atoms with Gasteiger partial charge in [-0.3, -0.25) is 4.79 Å². The average molecular weight is 454 g/mol. The predicted molar refractivity (Wildman–Crippen MR) is 123 cm³/mol. The summed E-state index contributed by atoms with van der Waals surface area (Å²) in [6.45, 7) is 0.676. The van der Waals surface area contributed by atoms with Gasteiger partial charge in [-0.2, -0.15) is 5.26 Å². The zero-order valence-electron chi connectivity index (χ0n) is 15.9. The fourth-order valence-corrected chi connectivity index (χ4v) is 4.22. The van der Waals surface area contributed by atoms with E-state index < -0.39 is 0 Å². The number of amides is 1. The molecule has 0 fully saturated rings. The van der Waals surface area contributed by atoms with Crippen LogP contribution < -0.4 is 5.32 Å². The van der Waals surface area contributed by atoms with Crippen LogP contribution in [0.15, 0.2) is 77.4 Å². The highest BCUT2D eigenvalue weighted by Gasteiger charge is 2.24. The standard InChI is InChI=1S/C25H16BrN3O/c26-19-9-10-24-21(12-19)18(11-22-20-3-1-2-4-23(20)28-25(22)30)15-29(24)14-17-7-5-16(13-27)6-8-17/h1-12,15H,14H2,(H,28,30)/b22-11+. The van der Waals surface area contributed by atoms with Crippen LogP contribution >= 0.6 is 15.9 Å². The van der Waals surface area contributed by atoms with Crippen LogP contribution in [0.5, 0.6) is 0 Å². The number of carbonyl (C=O) groups excluding carboxylic acids is 1. The SMILES string of the molecule is N#Cc1ccc(Cn2cc(/C=C3/C(=O)Nc4ccccc43)c3cc(Br)ccc32)cc1. The smallest absolute Gasteiger partial charge is 0.256 e. The molecular formula is C25H16BrN3O. The molecule has 0 atom stereocenters. The lowest BCUT2D eigenvalue weighted by Gasteiger charge is -2.06. The summed E-state index contributed by atoms with van der Waals surface area (Å²) in [5, 5.41) is 13.0. The Labute approximate surface area is 182 Å². The highest BCUT2D eigenvalue weighted by atomic mass is 79.9. The van der Waals surface area contributed by atoms with Crippen molar-refractivity contribution >= 4 is 50.1 Å². The number of anilines is 1. The summed E-state index contributed by atoms with van der Waals surface area (Å²) >= 11 is 3.57. The minimum absolute atomic E-state index is 0.0841. The number of fused-ring (bicyclic) bond motifs is 2. The van der Waals surface area contributed by atoms with Crippen molar-refractivity contribution in [2.75, 3.05) is 5.32 Å². The topological polar surface area (TPSA) is 57.8 Å². The maximum atomic E-state index is 12.6. The summed E-state index contributed by atoms with van der Waals surface area (Å²) in [6, 6.07) is 23.7. The van der Waals surface area contributed by atoms with E-state index in [1.54, 1.807) is 0 Å². The number of hydrogen-bond acceptors (Lipinski definition) is 2. The predicted octanol–water partition coefficient (Wildman–Crippen LogP) is 5.82.